The van der Waals surface area contributed by atoms with E-state index in [1.165, 1.54) is 48.5 Å². The molecule has 35 heavy (non-hydrogen) atoms. The Hall–Kier alpha value is -3.47. The molecule has 0 saturated carbocycles. The minimum absolute atomic E-state index is 0.0343. The van der Waals surface area contributed by atoms with Crippen LogP contribution in [0.2, 0.25) is 10.0 Å². The molecule has 2 N–H and O–H groups in total. The normalized spacial score (nSPS) is 19.3. The van der Waals surface area contributed by atoms with Crippen molar-refractivity contribution in [1.29, 1.82) is 0 Å². The second-order valence-electron chi connectivity index (χ2n) is 7.58. The summed E-state index contributed by atoms with van der Waals surface area (Å²) < 4.78 is 31.6. The third-order valence-electron chi connectivity index (χ3n) is 5.22. The number of rotatable bonds is 6. The lowest BCUT2D eigenvalue weighted by atomic mass is 10.1. The number of nitrogens with zero attached hydrogens (tertiary/aromatic N) is 2. The molecule has 2 heterocycles. The number of esters is 2. The first-order valence-corrected chi connectivity index (χ1v) is 11.1. The average molecular weight is 522 g/mol. The van der Waals surface area contributed by atoms with Crippen molar-refractivity contribution in [3.05, 3.63) is 92.2 Å². The van der Waals surface area contributed by atoms with Gasteiger partial charge in [0.05, 0.1) is 17.3 Å². The van der Waals surface area contributed by atoms with Gasteiger partial charge in [-0.15, -0.1) is 0 Å². The van der Waals surface area contributed by atoms with Crippen LogP contribution in [0.4, 0.5) is 10.2 Å². The molecule has 1 aromatic heterocycles. The second kappa shape index (κ2) is 10.4. The summed E-state index contributed by atoms with van der Waals surface area (Å²) in [5.74, 6) is -2.81. The molecular formula is C23H18Cl2FN3O6. The SMILES string of the molecule is Nc1nc(=O)n([C@H]2C[C@H](OC(=O)c3ccc(Cl)cc3)[C@@H](COC(=O)c3ccc(Cl)cc3)O2)cc1F. The van der Waals surface area contributed by atoms with E-state index in [4.69, 9.17) is 43.1 Å². The molecule has 12 heteroatoms. The van der Waals surface area contributed by atoms with E-state index in [9.17, 15) is 18.8 Å². The van der Waals surface area contributed by atoms with E-state index < -0.39 is 47.7 Å². The Labute approximate surface area is 208 Å². The molecule has 0 aliphatic carbocycles. The van der Waals surface area contributed by atoms with E-state index in [0.717, 1.165) is 10.8 Å². The molecule has 0 bridgehead atoms. The lowest BCUT2D eigenvalue weighted by Gasteiger charge is -2.19. The summed E-state index contributed by atoms with van der Waals surface area (Å²) in [6, 6.07) is 12.1. The molecule has 1 aliphatic heterocycles. The number of halogens is 3. The molecule has 1 aliphatic rings. The van der Waals surface area contributed by atoms with Crippen molar-refractivity contribution in [3.8, 4) is 0 Å². The highest BCUT2D eigenvalue weighted by Crippen LogP contribution is 2.31. The Kier molecular flexibility index (Phi) is 7.34. The third-order valence-corrected chi connectivity index (χ3v) is 5.73. The van der Waals surface area contributed by atoms with Crippen molar-refractivity contribution in [1.82, 2.24) is 9.55 Å². The lowest BCUT2D eigenvalue weighted by molar-refractivity contribution is -0.0583. The zero-order valence-corrected chi connectivity index (χ0v) is 19.4. The zero-order valence-electron chi connectivity index (χ0n) is 17.9. The fraction of sp³-hybridized carbons (Fsp3) is 0.217. The Morgan fingerprint density at radius 2 is 1.63 bits per heavy atom. The van der Waals surface area contributed by atoms with Crippen molar-refractivity contribution in [2.24, 2.45) is 0 Å². The second-order valence-corrected chi connectivity index (χ2v) is 8.46. The molecule has 0 unspecified atom stereocenters. The Balaban J connectivity index is 1.53. The van der Waals surface area contributed by atoms with Crippen LogP contribution in [0, 0.1) is 5.82 Å². The summed E-state index contributed by atoms with van der Waals surface area (Å²) in [7, 11) is 0. The van der Waals surface area contributed by atoms with Crippen LogP contribution in [0.15, 0.2) is 59.5 Å². The van der Waals surface area contributed by atoms with Gasteiger partial charge in [0.2, 0.25) is 0 Å². The van der Waals surface area contributed by atoms with Crippen LogP contribution in [0.25, 0.3) is 0 Å². The predicted molar refractivity (Wildman–Crippen MR) is 124 cm³/mol. The molecule has 3 aromatic rings. The molecule has 0 amide bonds. The highest BCUT2D eigenvalue weighted by Gasteiger charge is 2.40. The van der Waals surface area contributed by atoms with Crippen LogP contribution in [0.1, 0.15) is 33.4 Å². The lowest BCUT2D eigenvalue weighted by Crippen LogP contribution is -2.32. The number of nitrogens with two attached hydrogens (primary N) is 1. The molecule has 3 atom stereocenters. The zero-order chi connectivity index (χ0) is 25.1. The van der Waals surface area contributed by atoms with Crippen molar-refractivity contribution < 1.29 is 28.2 Å². The maximum atomic E-state index is 14.0. The summed E-state index contributed by atoms with van der Waals surface area (Å²) in [6.07, 6.45) is -2.12. The minimum Gasteiger partial charge on any atom is -0.459 e. The molecule has 1 fully saturated rings. The van der Waals surface area contributed by atoms with Crippen molar-refractivity contribution >= 4 is 41.0 Å². The van der Waals surface area contributed by atoms with E-state index in [2.05, 4.69) is 4.98 Å². The Morgan fingerprint density at radius 1 is 1.06 bits per heavy atom. The van der Waals surface area contributed by atoms with E-state index in [1.54, 1.807) is 0 Å². The van der Waals surface area contributed by atoms with Crippen LogP contribution in [-0.4, -0.2) is 40.3 Å². The first-order valence-electron chi connectivity index (χ1n) is 10.3. The number of nitrogen functional groups attached to an aromatic ring is 1. The van der Waals surface area contributed by atoms with E-state index >= 15 is 0 Å². The largest absolute Gasteiger partial charge is 0.459 e. The van der Waals surface area contributed by atoms with E-state index in [-0.39, 0.29) is 24.2 Å². The number of hydrogen-bond acceptors (Lipinski definition) is 8. The molecule has 0 radical (unpaired) electrons. The fourth-order valence-corrected chi connectivity index (χ4v) is 3.68. The fourth-order valence-electron chi connectivity index (χ4n) is 3.43. The topological polar surface area (TPSA) is 123 Å². The number of carbonyl (C=O) groups excluding carboxylic acids is 2. The maximum Gasteiger partial charge on any atom is 0.351 e. The van der Waals surface area contributed by atoms with Gasteiger partial charge in [-0.2, -0.15) is 4.98 Å². The summed E-state index contributed by atoms with van der Waals surface area (Å²) in [5.41, 5.74) is 4.97. The van der Waals surface area contributed by atoms with Gasteiger partial charge < -0.3 is 19.9 Å². The average Bonchev–Trinajstić information content (AvgIpc) is 3.22. The highest BCUT2D eigenvalue weighted by molar-refractivity contribution is 6.31. The van der Waals surface area contributed by atoms with Gasteiger partial charge in [-0.05, 0) is 48.5 Å². The van der Waals surface area contributed by atoms with Gasteiger partial charge in [0, 0.05) is 16.5 Å². The number of ether oxygens (including phenoxy) is 3. The quantitative estimate of drug-likeness (QED) is 0.487. The van der Waals surface area contributed by atoms with Gasteiger partial charge in [0.1, 0.15) is 25.0 Å². The van der Waals surface area contributed by atoms with Gasteiger partial charge in [-0.25, -0.2) is 18.8 Å². The first kappa shape index (κ1) is 24.6. The maximum absolute atomic E-state index is 14.0. The molecule has 4 rings (SSSR count). The number of aromatic nitrogens is 2. The highest BCUT2D eigenvalue weighted by atomic mass is 35.5. The molecular weight excluding hydrogens is 504 g/mol. The van der Waals surface area contributed by atoms with Crippen LogP contribution in [0.5, 0.6) is 0 Å². The molecule has 182 valence electrons. The molecule has 1 saturated heterocycles. The summed E-state index contributed by atoms with van der Waals surface area (Å²) in [6.45, 7) is -0.309. The van der Waals surface area contributed by atoms with Crippen LogP contribution in [0.3, 0.4) is 0 Å². The molecule has 0 spiro atoms. The molecule has 9 nitrogen and oxygen atoms in total. The number of anilines is 1. The summed E-state index contributed by atoms with van der Waals surface area (Å²) in [5, 5.41) is 0.891. The van der Waals surface area contributed by atoms with Crippen molar-refractivity contribution in [2.45, 2.75) is 24.9 Å². The van der Waals surface area contributed by atoms with Gasteiger partial charge in [0.25, 0.3) is 0 Å². The van der Waals surface area contributed by atoms with Crippen LogP contribution in [-0.2, 0) is 14.2 Å². The van der Waals surface area contributed by atoms with Crippen LogP contribution >= 0.6 is 23.2 Å². The number of hydrogen-bond donors (Lipinski definition) is 1. The third kappa shape index (κ3) is 5.79. The van der Waals surface area contributed by atoms with Gasteiger partial charge in [0.15, 0.2) is 11.6 Å². The van der Waals surface area contributed by atoms with Crippen molar-refractivity contribution in [2.75, 3.05) is 12.3 Å². The first-order chi connectivity index (χ1) is 16.7. The minimum atomic E-state index is -1.05. The van der Waals surface area contributed by atoms with Gasteiger partial charge >= 0.3 is 17.6 Å². The van der Waals surface area contributed by atoms with Crippen LogP contribution < -0.4 is 11.4 Å². The van der Waals surface area contributed by atoms with Gasteiger partial charge in [-0.1, -0.05) is 23.2 Å². The van der Waals surface area contributed by atoms with E-state index in [0.29, 0.717) is 10.0 Å². The van der Waals surface area contributed by atoms with Crippen molar-refractivity contribution in [3.63, 3.8) is 0 Å². The summed E-state index contributed by atoms with van der Waals surface area (Å²) in [4.78, 5) is 40.7. The number of carbonyl (C=O) groups is 2. The van der Waals surface area contributed by atoms with Gasteiger partial charge in [-0.3, -0.25) is 4.57 Å². The Bertz CT molecular complexity index is 1300. The van der Waals surface area contributed by atoms with E-state index in [1.807, 2.05) is 0 Å². The smallest absolute Gasteiger partial charge is 0.351 e. The molecule has 2 aromatic carbocycles. The number of benzene rings is 2. The summed E-state index contributed by atoms with van der Waals surface area (Å²) >= 11 is 11.7. The predicted octanol–water partition coefficient (Wildman–Crippen LogP) is 3.64. The Morgan fingerprint density at radius 3 is 2.23 bits per heavy atom. The standard InChI is InChI=1S/C23H18Cl2FN3O6/c24-14-5-1-12(2-6-14)21(30)33-11-18-17(35-22(31)13-3-7-15(25)8-4-13)9-19(34-18)29-10-16(26)20(27)28-23(29)32/h1-8,10,17-19H,9,11H2,(H2,27,28,32)/t17-,18+,19+/m0/s1. The monoisotopic (exact) mass is 521 g/mol.